The van der Waals surface area contributed by atoms with Gasteiger partial charge in [0, 0.05) is 18.8 Å². The number of rotatable bonds is 5. The maximum atomic E-state index is 13.0. The van der Waals surface area contributed by atoms with E-state index in [4.69, 9.17) is 14.2 Å². The van der Waals surface area contributed by atoms with Crippen LogP contribution in [0, 0.1) is 0 Å². The molecule has 25 heavy (non-hydrogen) atoms. The lowest BCUT2D eigenvalue weighted by Gasteiger charge is -2.33. The third-order valence-electron chi connectivity index (χ3n) is 4.13. The van der Waals surface area contributed by atoms with Crippen molar-refractivity contribution in [2.75, 3.05) is 27.3 Å². The first kappa shape index (κ1) is 17.0. The minimum absolute atomic E-state index is 0.0943. The zero-order valence-corrected chi connectivity index (χ0v) is 14.3. The number of carbonyl (C=O) groups is 1. The molecular weight excluding hydrogens is 322 g/mol. The van der Waals surface area contributed by atoms with E-state index in [0.717, 1.165) is 12.8 Å². The van der Waals surface area contributed by atoms with E-state index < -0.39 is 0 Å². The van der Waals surface area contributed by atoms with Gasteiger partial charge in [-0.3, -0.25) is 4.79 Å². The van der Waals surface area contributed by atoms with Gasteiger partial charge < -0.3 is 19.1 Å². The van der Waals surface area contributed by atoms with Crippen LogP contribution in [0.1, 0.15) is 23.2 Å². The number of carbonyl (C=O) groups excluding carboxylic acids is 1. The predicted octanol–water partition coefficient (Wildman–Crippen LogP) is 2.18. The van der Waals surface area contributed by atoms with Crippen LogP contribution in [0.5, 0.6) is 17.4 Å². The number of aromatic nitrogens is 2. The molecule has 0 spiro atoms. The highest BCUT2D eigenvalue weighted by Gasteiger charge is 2.28. The fraction of sp³-hybridized carbons (Fsp3) is 0.389. The average Bonchev–Trinajstić information content (AvgIpc) is 2.67. The zero-order valence-electron chi connectivity index (χ0n) is 14.3. The van der Waals surface area contributed by atoms with E-state index in [1.807, 2.05) is 0 Å². The minimum Gasteiger partial charge on any atom is -0.493 e. The normalized spacial score (nSPS) is 17.0. The number of benzene rings is 1. The van der Waals surface area contributed by atoms with Gasteiger partial charge in [0.1, 0.15) is 6.10 Å². The molecule has 7 nitrogen and oxygen atoms in total. The quantitative estimate of drug-likeness (QED) is 0.828. The van der Waals surface area contributed by atoms with Crippen molar-refractivity contribution in [2.45, 2.75) is 18.9 Å². The second kappa shape index (κ2) is 7.83. The summed E-state index contributed by atoms with van der Waals surface area (Å²) in [4.78, 5) is 14.7. The third kappa shape index (κ3) is 3.81. The van der Waals surface area contributed by atoms with Gasteiger partial charge in [0.25, 0.3) is 5.91 Å². The Morgan fingerprint density at radius 3 is 2.80 bits per heavy atom. The van der Waals surface area contributed by atoms with Crippen LogP contribution in [0.25, 0.3) is 0 Å². The Balaban J connectivity index is 1.74. The number of ether oxygens (including phenoxy) is 3. The SMILES string of the molecule is COc1cccc(C(=O)N2CCC[C@H](Oc3cccnn3)C2)c1OC. The van der Waals surface area contributed by atoms with E-state index in [1.54, 1.807) is 48.5 Å². The molecule has 3 rings (SSSR count). The molecule has 2 heterocycles. The van der Waals surface area contributed by atoms with Crippen molar-refractivity contribution >= 4 is 5.91 Å². The monoisotopic (exact) mass is 343 g/mol. The van der Waals surface area contributed by atoms with Crippen LogP contribution in [0.3, 0.4) is 0 Å². The third-order valence-corrected chi connectivity index (χ3v) is 4.13. The average molecular weight is 343 g/mol. The zero-order chi connectivity index (χ0) is 17.6. The molecular formula is C18H21N3O4. The first-order valence-electron chi connectivity index (χ1n) is 8.17. The summed E-state index contributed by atoms with van der Waals surface area (Å²) in [5, 5.41) is 7.75. The van der Waals surface area contributed by atoms with Gasteiger partial charge in [0.05, 0.1) is 26.3 Å². The van der Waals surface area contributed by atoms with E-state index >= 15 is 0 Å². The molecule has 1 aliphatic heterocycles. The number of likely N-dealkylation sites (tertiary alicyclic amines) is 1. The number of amides is 1. The lowest BCUT2D eigenvalue weighted by Crippen LogP contribution is -2.44. The molecule has 0 N–H and O–H groups in total. The number of hydrogen-bond donors (Lipinski definition) is 0. The van der Waals surface area contributed by atoms with Crippen molar-refractivity contribution in [3.63, 3.8) is 0 Å². The summed E-state index contributed by atoms with van der Waals surface area (Å²) in [7, 11) is 3.09. The van der Waals surface area contributed by atoms with Gasteiger partial charge in [-0.1, -0.05) is 6.07 Å². The van der Waals surface area contributed by atoms with E-state index in [-0.39, 0.29) is 12.0 Å². The summed E-state index contributed by atoms with van der Waals surface area (Å²) in [6, 6.07) is 8.84. The molecule has 0 bridgehead atoms. The highest BCUT2D eigenvalue weighted by molar-refractivity contribution is 5.98. The van der Waals surface area contributed by atoms with Gasteiger partial charge in [-0.05, 0) is 31.0 Å². The van der Waals surface area contributed by atoms with E-state index in [1.165, 1.54) is 7.11 Å². The molecule has 2 aromatic rings. The Morgan fingerprint density at radius 1 is 1.20 bits per heavy atom. The fourth-order valence-electron chi connectivity index (χ4n) is 2.97. The van der Waals surface area contributed by atoms with Crippen LogP contribution in [0.4, 0.5) is 0 Å². The van der Waals surface area contributed by atoms with Crippen LogP contribution in [-0.2, 0) is 0 Å². The van der Waals surface area contributed by atoms with Crippen LogP contribution >= 0.6 is 0 Å². The first-order chi connectivity index (χ1) is 12.2. The molecule has 1 aliphatic rings. The second-order valence-electron chi connectivity index (χ2n) is 5.74. The topological polar surface area (TPSA) is 73.8 Å². The number of methoxy groups -OCH3 is 2. The van der Waals surface area contributed by atoms with E-state index in [2.05, 4.69) is 10.2 Å². The summed E-state index contributed by atoms with van der Waals surface area (Å²) in [6.45, 7) is 1.18. The molecule has 7 heteroatoms. The van der Waals surface area contributed by atoms with Gasteiger partial charge in [-0.15, -0.1) is 5.10 Å². The Kier molecular flexibility index (Phi) is 5.33. The fourth-order valence-corrected chi connectivity index (χ4v) is 2.97. The maximum absolute atomic E-state index is 13.0. The molecule has 0 saturated carbocycles. The van der Waals surface area contributed by atoms with Crippen molar-refractivity contribution in [3.8, 4) is 17.4 Å². The summed E-state index contributed by atoms with van der Waals surface area (Å²) >= 11 is 0. The maximum Gasteiger partial charge on any atom is 0.257 e. The molecule has 1 saturated heterocycles. The number of para-hydroxylation sites is 1. The van der Waals surface area contributed by atoms with Crippen LogP contribution in [0.15, 0.2) is 36.5 Å². The van der Waals surface area contributed by atoms with E-state index in [9.17, 15) is 4.79 Å². The molecule has 0 unspecified atom stereocenters. The molecule has 1 aromatic heterocycles. The van der Waals surface area contributed by atoms with Gasteiger partial charge in [0.15, 0.2) is 11.5 Å². The largest absolute Gasteiger partial charge is 0.493 e. The number of piperidine rings is 1. The summed E-state index contributed by atoms with van der Waals surface area (Å²) < 4.78 is 16.5. The predicted molar refractivity (Wildman–Crippen MR) is 91.1 cm³/mol. The summed E-state index contributed by atoms with van der Waals surface area (Å²) in [6.07, 6.45) is 3.22. The van der Waals surface area contributed by atoms with Crippen molar-refractivity contribution in [3.05, 3.63) is 42.1 Å². The Bertz CT molecular complexity index is 724. The lowest BCUT2D eigenvalue weighted by molar-refractivity contribution is 0.0522. The van der Waals surface area contributed by atoms with Crippen molar-refractivity contribution in [2.24, 2.45) is 0 Å². The second-order valence-corrected chi connectivity index (χ2v) is 5.74. The smallest absolute Gasteiger partial charge is 0.257 e. The van der Waals surface area contributed by atoms with Crippen molar-refractivity contribution < 1.29 is 19.0 Å². The molecule has 0 aliphatic carbocycles. The van der Waals surface area contributed by atoms with Crippen molar-refractivity contribution in [1.29, 1.82) is 0 Å². The van der Waals surface area contributed by atoms with Crippen LogP contribution < -0.4 is 14.2 Å². The van der Waals surface area contributed by atoms with E-state index in [0.29, 0.717) is 36.0 Å². The molecule has 132 valence electrons. The van der Waals surface area contributed by atoms with Crippen LogP contribution in [-0.4, -0.2) is 54.4 Å². The minimum atomic E-state index is -0.106. The number of hydrogen-bond acceptors (Lipinski definition) is 6. The molecule has 1 aromatic carbocycles. The van der Waals surface area contributed by atoms with Gasteiger partial charge in [-0.2, -0.15) is 5.10 Å². The summed E-state index contributed by atoms with van der Waals surface area (Å²) in [5.74, 6) is 1.37. The molecule has 1 fully saturated rings. The lowest BCUT2D eigenvalue weighted by atomic mass is 10.1. The number of nitrogens with zero attached hydrogens (tertiary/aromatic N) is 3. The highest BCUT2D eigenvalue weighted by Crippen LogP contribution is 2.32. The van der Waals surface area contributed by atoms with Gasteiger partial charge >= 0.3 is 0 Å². The van der Waals surface area contributed by atoms with Crippen LogP contribution in [0.2, 0.25) is 0 Å². The standard InChI is InChI=1S/C18H21N3O4/c1-23-15-8-3-7-14(17(15)24-2)18(22)21-11-5-6-13(12-21)25-16-9-4-10-19-20-16/h3-4,7-10,13H,5-6,11-12H2,1-2H3/t13-/m0/s1. The highest BCUT2D eigenvalue weighted by atomic mass is 16.5. The molecule has 1 atom stereocenters. The van der Waals surface area contributed by atoms with Crippen molar-refractivity contribution in [1.82, 2.24) is 15.1 Å². The first-order valence-corrected chi connectivity index (χ1v) is 8.17. The Hall–Kier alpha value is -2.83. The molecule has 0 radical (unpaired) electrons. The van der Waals surface area contributed by atoms with Gasteiger partial charge in [0.2, 0.25) is 5.88 Å². The Labute approximate surface area is 146 Å². The molecule has 1 amide bonds. The summed E-state index contributed by atoms with van der Waals surface area (Å²) in [5.41, 5.74) is 0.488. The Morgan fingerprint density at radius 2 is 2.08 bits per heavy atom. The van der Waals surface area contributed by atoms with Gasteiger partial charge in [-0.25, -0.2) is 0 Å².